The van der Waals surface area contributed by atoms with Gasteiger partial charge >= 0.3 is 0 Å². The number of hydrogen-bond acceptors (Lipinski definition) is 2. The largest absolute Gasteiger partial charge is 0.385 e. The molecule has 2 rings (SSSR count). The van der Waals surface area contributed by atoms with Crippen molar-refractivity contribution in [1.29, 1.82) is 0 Å². The number of nitrogens with one attached hydrogen (secondary N) is 1. The molecule has 0 fully saturated rings. The quantitative estimate of drug-likeness (QED) is 0.727. The highest BCUT2D eigenvalue weighted by Gasteiger charge is 2.06. The van der Waals surface area contributed by atoms with Gasteiger partial charge in [-0.25, -0.2) is 4.39 Å². The van der Waals surface area contributed by atoms with Crippen LogP contribution in [0, 0.1) is 5.82 Å². The van der Waals surface area contributed by atoms with Gasteiger partial charge in [0.15, 0.2) is 5.78 Å². The first-order valence-electron chi connectivity index (χ1n) is 7.72. The lowest BCUT2D eigenvalue weighted by Crippen LogP contribution is -2.09. The lowest BCUT2D eigenvalue weighted by Gasteiger charge is -2.11. The van der Waals surface area contributed by atoms with Gasteiger partial charge in [-0.2, -0.15) is 0 Å². The molecule has 0 aromatic heterocycles. The molecule has 0 spiro atoms. The molecule has 0 aliphatic carbocycles. The van der Waals surface area contributed by atoms with E-state index in [4.69, 9.17) is 0 Å². The molecule has 0 radical (unpaired) electrons. The Morgan fingerprint density at radius 3 is 2.32 bits per heavy atom. The van der Waals surface area contributed by atoms with Crippen LogP contribution in [0.5, 0.6) is 0 Å². The number of benzene rings is 2. The summed E-state index contributed by atoms with van der Waals surface area (Å²) >= 11 is 0. The molecule has 0 aliphatic rings. The zero-order valence-corrected chi connectivity index (χ0v) is 13.1. The number of carbonyl (C=O) groups is 1. The van der Waals surface area contributed by atoms with Gasteiger partial charge in [-0.05, 0) is 54.3 Å². The maximum Gasteiger partial charge on any atom is 0.164 e. The number of halogens is 1. The van der Waals surface area contributed by atoms with Crippen LogP contribution in [0.1, 0.15) is 48.5 Å². The van der Waals surface area contributed by atoms with Gasteiger partial charge in [0.05, 0.1) is 0 Å². The van der Waals surface area contributed by atoms with Crippen molar-refractivity contribution in [3.05, 3.63) is 65.5 Å². The summed E-state index contributed by atoms with van der Waals surface area (Å²) in [6.45, 7) is 4.96. The summed E-state index contributed by atoms with van der Waals surface area (Å²) < 4.78 is 12.8. The van der Waals surface area contributed by atoms with Gasteiger partial charge in [-0.15, -0.1) is 0 Å². The zero-order chi connectivity index (χ0) is 15.9. The minimum atomic E-state index is -0.323. The third-order valence-electron chi connectivity index (χ3n) is 3.94. The molecule has 0 heterocycles. The molecule has 2 aromatic rings. The molecule has 1 atom stereocenters. The minimum absolute atomic E-state index is 0.0173. The Morgan fingerprint density at radius 2 is 1.73 bits per heavy atom. The average Bonchev–Trinajstić information content (AvgIpc) is 2.55. The van der Waals surface area contributed by atoms with Gasteiger partial charge in [0, 0.05) is 24.2 Å². The van der Waals surface area contributed by atoms with E-state index in [1.807, 2.05) is 12.1 Å². The van der Waals surface area contributed by atoms with E-state index in [0.29, 0.717) is 24.4 Å². The molecular weight excluding hydrogens is 277 g/mol. The van der Waals surface area contributed by atoms with Crippen LogP contribution < -0.4 is 5.32 Å². The lowest BCUT2D eigenvalue weighted by atomic mass is 9.98. The Hall–Kier alpha value is -2.16. The number of rotatable bonds is 7. The van der Waals surface area contributed by atoms with Crippen molar-refractivity contribution in [2.75, 3.05) is 11.9 Å². The van der Waals surface area contributed by atoms with E-state index in [-0.39, 0.29) is 11.6 Å². The summed E-state index contributed by atoms with van der Waals surface area (Å²) in [5, 5.41) is 3.25. The Morgan fingerprint density at radius 1 is 1.09 bits per heavy atom. The van der Waals surface area contributed by atoms with E-state index in [9.17, 15) is 9.18 Å². The zero-order valence-electron chi connectivity index (χ0n) is 13.1. The second-order valence-electron chi connectivity index (χ2n) is 5.54. The van der Waals surface area contributed by atoms with Gasteiger partial charge in [0.2, 0.25) is 0 Å². The summed E-state index contributed by atoms with van der Waals surface area (Å²) in [7, 11) is 0. The molecule has 2 aromatic carbocycles. The molecule has 2 nitrogen and oxygen atoms in total. The summed E-state index contributed by atoms with van der Waals surface area (Å²) in [6.07, 6.45) is 1.51. The summed E-state index contributed by atoms with van der Waals surface area (Å²) in [6, 6.07) is 14.0. The van der Waals surface area contributed by atoms with Crippen LogP contribution in [0.25, 0.3) is 0 Å². The minimum Gasteiger partial charge on any atom is -0.385 e. The van der Waals surface area contributed by atoms with Crippen molar-refractivity contribution in [3.8, 4) is 0 Å². The fourth-order valence-corrected chi connectivity index (χ4v) is 2.27. The molecule has 0 saturated carbocycles. The van der Waals surface area contributed by atoms with Gasteiger partial charge in [-0.1, -0.05) is 26.0 Å². The van der Waals surface area contributed by atoms with Gasteiger partial charge in [0.25, 0.3) is 0 Å². The van der Waals surface area contributed by atoms with Crippen LogP contribution in [-0.2, 0) is 0 Å². The maximum absolute atomic E-state index is 12.8. The molecule has 3 heteroatoms. The normalized spacial score (nSPS) is 12.0. The van der Waals surface area contributed by atoms with Crippen LogP contribution in [0.4, 0.5) is 10.1 Å². The second-order valence-corrected chi connectivity index (χ2v) is 5.54. The number of anilines is 1. The SMILES string of the molecule is CCC(C)c1ccc(NCCC(=O)c2ccc(F)cc2)cc1. The van der Waals surface area contributed by atoms with Gasteiger partial charge in [-0.3, -0.25) is 4.79 Å². The van der Waals surface area contributed by atoms with Crippen molar-refractivity contribution in [1.82, 2.24) is 0 Å². The Balaban J connectivity index is 1.83. The van der Waals surface area contributed by atoms with Crippen molar-refractivity contribution in [2.24, 2.45) is 0 Å². The van der Waals surface area contributed by atoms with Crippen LogP contribution in [0.2, 0.25) is 0 Å². The molecular formula is C19H22FNO. The highest BCUT2D eigenvalue weighted by Crippen LogP contribution is 2.20. The Kier molecular flexibility index (Phi) is 5.70. The number of carbonyl (C=O) groups excluding carboxylic acids is 1. The number of hydrogen-bond donors (Lipinski definition) is 1. The summed E-state index contributed by atoms with van der Waals surface area (Å²) in [5.41, 5.74) is 2.89. The molecule has 0 saturated heterocycles. The number of ketones is 1. The first-order chi connectivity index (χ1) is 10.6. The van der Waals surface area contributed by atoms with Crippen LogP contribution in [0.15, 0.2) is 48.5 Å². The van der Waals surface area contributed by atoms with Crippen LogP contribution in [-0.4, -0.2) is 12.3 Å². The van der Waals surface area contributed by atoms with Crippen molar-refractivity contribution in [2.45, 2.75) is 32.6 Å². The first-order valence-corrected chi connectivity index (χ1v) is 7.72. The first kappa shape index (κ1) is 16.2. The number of Topliss-reactive ketones (excluding diaryl/α,β-unsaturated/α-hetero) is 1. The smallest absolute Gasteiger partial charge is 0.164 e. The third-order valence-corrected chi connectivity index (χ3v) is 3.94. The fourth-order valence-electron chi connectivity index (χ4n) is 2.27. The maximum atomic E-state index is 12.8. The monoisotopic (exact) mass is 299 g/mol. The standard InChI is InChI=1S/C19H22FNO/c1-3-14(2)15-6-10-18(11-7-15)21-13-12-19(22)16-4-8-17(20)9-5-16/h4-11,14,21H,3,12-13H2,1-2H3. The van der Waals surface area contributed by atoms with Crippen LogP contribution in [0.3, 0.4) is 0 Å². The van der Waals surface area contributed by atoms with Crippen molar-refractivity contribution < 1.29 is 9.18 Å². The lowest BCUT2D eigenvalue weighted by molar-refractivity contribution is 0.0986. The molecule has 0 bridgehead atoms. The predicted molar refractivity (Wildman–Crippen MR) is 89.0 cm³/mol. The molecule has 0 amide bonds. The van der Waals surface area contributed by atoms with E-state index in [0.717, 1.165) is 12.1 Å². The molecule has 1 unspecified atom stereocenters. The van der Waals surface area contributed by atoms with Crippen molar-refractivity contribution in [3.63, 3.8) is 0 Å². The predicted octanol–water partition coefficient (Wildman–Crippen LogP) is 5.02. The molecule has 116 valence electrons. The van der Waals surface area contributed by atoms with Gasteiger partial charge < -0.3 is 5.32 Å². The topological polar surface area (TPSA) is 29.1 Å². The van der Waals surface area contributed by atoms with E-state index in [2.05, 4.69) is 31.3 Å². The highest BCUT2D eigenvalue weighted by molar-refractivity contribution is 5.96. The second kappa shape index (κ2) is 7.74. The average molecular weight is 299 g/mol. The van der Waals surface area contributed by atoms with Crippen LogP contribution >= 0.6 is 0 Å². The fraction of sp³-hybridized carbons (Fsp3) is 0.316. The molecule has 1 N–H and O–H groups in total. The Bertz CT molecular complexity index is 604. The highest BCUT2D eigenvalue weighted by atomic mass is 19.1. The summed E-state index contributed by atoms with van der Waals surface area (Å²) in [5.74, 6) is 0.258. The van der Waals surface area contributed by atoms with Crippen molar-refractivity contribution >= 4 is 11.5 Å². The van der Waals surface area contributed by atoms with E-state index in [1.165, 1.54) is 29.8 Å². The van der Waals surface area contributed by atoms with E-state index < -0.39 is 0 Å². The third kappa shape index (κ3) is 4.42. The molecule has 22 heavy (non-hydrogen) atoms. The van der Waals surface area contributed by atoms with E-state index in [1.54, 1.807) is 0 Å². The Labute approximate surface area is 131 Å². The molecule has 0 aliphatic heterocycles. The van der Waals surface area contributed by atoms with Gasteiger partial charge in [0.1, 0.15) is 5.82 Å². The van der Waals surface area contributed by atoms with E-state index >= 15 is 0 Å². The summed E-state index contributed by atoms with van der Waals surface area (Å²) in [4.78, 5) is 12.0.